The molecule has 0 bridgehead atoms. The number of β-amino-alcohol motifs (C(OH)–C–C–N with tert-alkyl or cyclic N) is 1. The van der Waals surface area contributed by atoms with Crippen LogP contribution >= 0.6 is 0 Å². The van der Waals surface area contributed by atoms with Gasteiger partial charge in [-0.05, 0) is 26.7 Å². The van der Waals surface area contributed by atoms with Crippen LogP contribution in [0.3, 0.4) is 0 Å². The number of likely N-dealkylation sites (tertiary alicyclic amines) is 1. The second-order valence-corrected chi connectivity index (χ2v) is 6.61. The van der Waals surface area contributed by atoms with Crippen molar-refractivity contribution in [3.63, 3.8) is 0 Å². The minimum Gasteiger partial charge on any atom is -0.497 e. The van der Waals surface area contributed by atoms with E-state index in [0.29, 0.717) is 6.04 Å². The predicted octanol–water partition coefficient (Wildman–Crippen LogP) is 2.35. The molecule has 1 fully saturated rings. The lowest BCUT2D eigenvalue weighted by Crippen LogP contribution is -2.45. The molecule has 5 nitrogen and oxygen atoms in total. The molecule has 124 valence electrons. The Morgan fingerprint density at radius 2 is 1.68 bits per heavy atom. The number of hydrogen-bond donors (Lipinski definition) is 2. The summed E-state index contributed by atoms with van der Waals surface area (Å²) >= 11 is 0. The third-order valence-corrected chi connectivity index (χ3v) is 3.92. The number of rotatable bonds is 6. The summed E-state index contributed by atoms with van der Waals surface area (Å²) in [4.78, 5) is 2.32. The maximum absolute atomic E-state index is 9.90. The highest BCUT2D eigenvalue weighted by Gasteiger charge is 2.24. The van der Waals surface area contributed by atoms with Crippen molar-refractivity contribution in [2.24, 2.45) is 0 Å². The molecule has 0 spiro atoms. The van der Waals surface area contributed by atoms with Crippen LogP contribution in [0.25, 0.3) is 0 Å². The Kier molecular flexibility index (Phi) is 5.53. The van der Waals surface area contributed by atoms with Crippen molar-refractivity contribution in [2.45, 2.75) is 38.3 Å². The number of ether oxygens (including phenoxy) is 2. The van der Waals surface area contributed by atoms with Gasteiger partial charge in [-0.2, -0.15) is 0 Å². The SMILES string of the molecule is COc1cc(NC2CCN(CC(C)(C)O)CC2)cc(OC)c1. The molecule has 22 heavy (non-hydrogen) atoms. The van der Waals surface area contributed by atoms with Crippen molar-refractivity contribution in [1.29, 1.82) is 0 Å². The molecule has 5 heteroatoms. The van der Waals surface area contributed by atoms with E-state index in [1.807, 2.05) is 32.0 Å². The van der Waals surface area contributed by atoms with Gasteiger partial charge in [0.25, 0.3) is 0 Å². The van der Waals surface area contributed by atoms with Gasteiger partial charge >= 0.3 is 0 Å². The molecule has 0 saturated carbocycles. The highest BCUT2D eigenvalue weighted by molar-refractivity contribution is 5.54. The van der Waals surface area contributed by atoms with Gasteiger partial charge in [0, 0.05) is 49.6 Å². The van der Waals surface area contributed by atoms with Crippen LogP contribution in [0.4, 0.5) is 5.69 Å². The summed E-state index contributed by atoms with van der Waals surface area (Å²) in [7, 11) is 3.32. The Morgan fingerprint density at radius 3 is 2.14 bits per heavy atom. The lowest BCUT2D eigenvalue weighted by atomic mass is 10.0. The van der Waals surface area contributed by atoms with E-state index in [-0.39, 0.29) is 0 Å². The Labute approximate surface area is 133 Å². The first-order valence-corrected chi connectivity index (χ1v) is 7.84. The molecule has 2 rings (SSSR count). The monoisotopic (exact) mass is 308 g/mol. The van der Waals surface area contributed by atoms with Gasteiger partial charge in [-0.1, -0.05) is 0 Å². The first kappa shape index (κ1) is 16.9. The van der Waals surface area contributed by atoms with E-state index in [9.17, 15) is 5.11 Å². The molecule has 0 aliphatic carbocycles. The zero-order valence-corrected chi connectivity index (χ0v) is 14.1. The summed E-state index contributed by atoms with van der Waals surface area (Å²) in [6, 6.07) is 6.30. The van der Waals surface area contributed by atoms with E-state index < -0.39 is 5.60 Å². The van der Waals surface area contributed by atoms with Crippen molar-refractivity contribution in [3.05, 3.63) is 18.2 Å². The number of nitrogens with one attached hydrogen (secondary N) is 1. The van der Waals surface area contributed by atoms with Gasteiger partial charge in [0.05, 0.1) is 19.8 Å². The molecule has 0 aromatic heterocycles. The van der Waals surface area contributed by atoms with Gasteiger partial charge in [-0.15, -0.1) is 0 Å². The molecule has 0 radical (unpaired) electrons. The number of benzene rings is 1. The maximum atomic E-state index is 9.90. The van der Waals surface area contributed by atoms with Gasteiger partial charge in [-0.25, -0.2) is 0 Å². The lowest BCUT2D eigenvalue weighted by Gasteiger charge is -2.35. The molecule has 1 aromatic carbocycles. The first-order valence-electron chi connectivity index (χ1n) is 7.84. The van der Waals surface area contributed by atoms with E-state index in [1.165, 1.54) is 0 Å². The van der Waals surface area contributed by atoms with Crippen molar-refractivity contribution in [3.8, 4) is 11.5 Å². The molecule has 2 N–H and O–H groups in total. The fourth-order valence-corrected chi connectivity index (χ4v) is 2.91. The molecule has 1 aliphatic rings. The Hall–Kier alpha value is -1.46. The summed E-state index contributed by atoms with van der Waals surface area (Å²) in [5.74, 6) is 1.59. The molecule has 1 heterocycles. The van der Waals surface area contributed by atoms with Crippen LogP contribution in [0.5, 0.6) is 11.5 Å². The van der Waals surface area contributed by atoms with Gasteiger partial charge in [0.15, 0.2) is 0 Å². The Morgan fingerprint density at radius 1 is 1.14 bits per heavy atom. The zero-order chi connectivity index (χ0) is 16.2. The fourth-order valence-electron chi connectivity index (χ4n) is 2.91. The van der Waals surface area contributed by atoms with Gasteiger partial charge < -0.3 is 24.8 Å². The van der Waals surface area contributed by atoms with E-state index in [0.717, 1.165) is 49.7 Å². The largest absolute Gasteiger partial charge is 0.497 e. The molecule has 0 unspecified atom stereocenters. The number of hydrogen-bond acceptors (Lipinski definition) is 5. The molecule has 1 saturated heterocycles. The summed E-state index contributed by atoms with van der Waals surface area (Å²) in [5.41, 5.74) is 0.401. The maximum Gasteiger partial charge on any atom is 0.124 e. The average molecular weight is 308 g/mol. The van der Waals surface area contributed by atoms with E-state index >= 15 is 0 Å². The van der Waals surface area contributed by atoms with Crippen molar-refractivity contribution < 1.29 is 14.6 Å². The van der Waals surface area contributed by atoms with Gasteiger partial charge in [0.2, 0.25) is 0 Å². The second kappa shape index (κ2) is 7.20. The standard InChI is InChI=1S/C17H28N2O3/c1-17(2,20)12-19-7-5-13(6-8-19)18-14-9-15(21-3)11-16(10-14)22-4/h9-11,13,18,20H,5-8,12H2,1-4H3. The summed E-state index contributed by atoms with van der Waals surface area (Å²) < 4.78 is 10.6. The van der Waals surface area contributed by atoms with Crippen molar-refractivity contribution in [1.82, 2.24) is 4.90 Å². The molecule has 1 aromatic rings. The molecule has 1 aliphatic heterocycles. The average Bonchev–Trinajstić information content (AvgIpc) is 2.47. The van der Waals surface area contributed by atoms with Crippen LogP contribution in [0.2, 0.25) is 0 Å². The molecular weight excluding hydrogens is 280 g/mol. The first-order chi connectivity index (χ1) is 10.4. The van der Waals surface area contributed by atoms with E-state index in [4.69, 9.17) is 9.47 Å². The van der Waals surface area contributed by atoms with Gasteiger partial charge in [0.1, 0.15) is 11.5 Å². The number of aliphatic hydroxyl groups is 1. The minimum atomic E-state index is -0.625. The van der Waals surface area contributed by atoms with E-state index in [2.05, 4.69) is 10.2 Å². The van der Waals surface area contributed by atoms with Crippen LogP contribution in [-0.2, 0) is 0 Å². The quantitative estimate of drug-likeness (QED) is 0.845. The normalized spacial score (nSPS) is 17.3. The van der Waals surface area contributed by atoms with Crippen LogP contribution in [0.15, 0.2) is 18.2 Å². The van der Waals surface area contributed by atoms with Crippen LogP contribution in [0.1, 0.15) is 26.7 Å². The Bertz CT molecular complexity index is 455. The van der Waals surface area contributed by atoms with Crippen molar-refractivity contribution >= 4 is 5.69 Å². The lowest BCUT2D eigenvalue weighted by molar-refractivity contribution is 0.0291. The van der Waals surface area contributed by atoms with Crippen molar-refractivity contribution in [2.75, 3.05) is 39.2 Å². The zero-order valence-electron chi connectivity index (χ0n) is 14.1. The number of nitrogens with zero attached hydrogens (tertiary/aromatic N) is 1. The highest BCUT2D eigenvalue weighted by atomic mass is 16.5. The van der Waals surface area contributed by atoms with E-state index in [1.54, 1.807) is 14.2 Å². The smallest absolute Gasteiger partial charge is 0.124 e. The third kappa shape index (κ3) is 5.07. The number of piperidine rings is 1. The van der Waals surface area contributed by atoms with Gasteiger partial charge in [-0.3, -0.25) is 0 Å². The minimum absolute atomic E-state index is 0.440. The van der Waals surface area contributed by atoms with Crippen LogP contribution < -0.4 is 14.8 Å². The second-order valence-electron chi connectivity index (χ2n) is 6.61. The molecular formula is C17H28N2O3. The Balaban J connectivity index is 1.90. The highest BCUT2D eigenvalue weighted by Crippen LogP contribution is 2.27. The fraction of sp³-hybridized carbons (Fsp3) is 0.647. The number of anilines is 1. The summed E-state index contributed by atoms with van der Waals surface area (Å²) in [6.45, 7) is 6.46. The molecule has 0 amide bonds. The van der Waals surface area contributed by atoms with Crippen LogP contribution in [0, 0.1) is 0 Å². The predicted molar refractivity (Wildman–Crippen MR) is 88.9 cm³/mol. The summed E-state index contributed by atoms with van der Waals surface area (Å²) in [5, 5.41) is 13.5. The molecule has 0 atom stereocenters. The topological polar surface area (TPSA) is 54.0 Å². The van der Waals surface area contributed by atoms with Crippen LogP contribution in [-0.4, -0.2) is 55.5 Å². The number of methoxy groups -OCH3 is 2. The third-order valence-electron chi connectivity index (χ3n) is 3.92. The summed E-state index contributed by atoms with van der Waals surface area (Å²) in [6.07, 6.45) is 2.13.